The molecule has 2 aromatic carbocycles. The molecule has 1 aliphatic rings. The van der Waals surface area contributed by atoms with Crippen molar-refractivity contribution in [2.45, 2.75) is 12.8 Å². The Bertz CT molecular complexity index is 766. The molecule has 0 unspecified atom stereocenters. The van der Waals surface area contributed by atoms with E-state index in [1.54, 1.807) is 12.1 Å². The van der Waals surface area contributed by atoms with Gasteiger partial charge in [-0.25, -0.2) is 4.39 Å². The van der Waals surface area contributed by atoms with Crippen LogP contribution in [0.25, 0.3) is 0 Å². The highest BCUT2D eigenvalue weighted by molar-refractivity contribution is 6.33. The van der Waals surface area contributed by atoms with Gasteiger partial charge in [0.25, 0.3) is 5.91 Å². The van der Waals surface area contributed by atoms with E-state index in [4.69, 9.17) is 11.6 Å². The molecular weight excluding hydrogens is 341 g/mol. The number of nitrogens with one attached hydrogen (secondary N) is 3. The second-order valence-electron chi connectivity index (χ2n) is 5.97. The molecule has 2 aromatic rings. The van der Waals surface area contributed by atoms with E-state index in [0.29, 0.717) is 18.1 Å². The van der Waals surface area contributed by atoms with E-state index in [0.717, 1.165) is 31.6 Å². The Balaban J connectivity index is 1.59. The predicted octanol–water partition coefficient (Wildman–Crippen LogP) is 3.01. The van der Waals surface area contributed by atoms with Crippen molar-refractivity contribution in [2.75, 3.05) is 31.5 Å². The third-order valence-corrected chi connectivity index (χ3v) is 4.63. The number of carbonyl (C=O) groups excluding carboxylic acids is 1. The van der Waals surface area contributed by atoms with E-state index in [-0.39, 0.29) is 5.56 Å². The fourth-order valence-electron chi connectivity index (χ4n) is 3.04. The maximum absolute atomic E-state index is 13.6. The van der Waals surface area contributed by atoms with Crippen molar-refractivity contribution >= 4 is 23.2 Å². The summed E-state index contributed by atoms with van der Waals surface area (Å²) in [5, 5.41) is 10.1. The van der Waals surface area contributed by atoms with Gasteiger partial charge in [-0.1, -0.05) is 29.8 Å². The lowest BCUT2D eigenvalue weighted by Crippen LogP contribution is -2.29. The van der Waals surface area contributed by atoms with E-state index >= 15 is 0 Å². The van der Waals surface area contributed by atoms with Crippen LogP contribution in [-0.4, -0.2) is 32.1 Å². The molecule has 0 spiro atoms. The fourth-order valence-corrected chi connectivity index (χ4v) is 3.28. The van der Waals surface area contributed by atoms with Crippen LogP contribution in [-0.2, 0) is 12.8 Å². The molecule has 132 valence electrons. The Morgan fingerprint density at radius 3 is 2.76 bits per heavy atom. The van der Waals surface area contributed by atoms with Crippen LogP contribution in [0.3, 0.4) is 0 Å². The Morgan fingerprint density at radius 1 is 1.12 bits per heavy atom. The molecule has 1 heterocycles. The van der Waals surface area contributed by atoms with Gasteiger partial charge < -0.3 is 16.0 Å². The van der Waals surface area contributed by atoms with Gasteiger partial charge in [-0.2, -0.15) is 0 Å². The van der Waals surface area contributed by atoms with Gasteiger partial charge in [0.15, 0.2) is 0 Å². The molecule has 0 radical (unpaired) electrons. The van der Waals surface area contributed by atoms with E-state index in [1.165, 1.54) is 23.3 Å². The average molecular weight is 362 g/mol. The first-order valence-electron chi connectivity index (χ1n) is 8.44. The molecule has 4 nitrogen and oxygen atoms in total. The molecule has 25 heavy (non-hydrogen) atoms. The largest absolute Gasteiger partial charge is 0.382 e. The fraction of sp³-hybridized carbons (Fsp3) is 0.316. The van der Waals surface area contributed by atoms with Gasteiger partial charge in [0, 0.05) is 13.1 Å². The van der Waals surface area contributed by atoms with Crippen molar-refractivity contribution in [3.8, 4) is 0 Å². The van der Waals surface area contributed by atoms with Crippen LogP contribution in [0.1, 0.15) is 21.5 Å². The van der Waals surface area contributed by atoms with E-state index in [1.807, 2.05) is 6.07 Å². The van der Waals surface area contributed by atoms with E-state index in [9.17, 15) is 9.18 Å². The van der Waals surface area contributed by atoms with Crippen LogP contribution in [0.2, 0.25) is 5.02 Å². The van der Waals surface area contributed by atoms with E-state index < -0.39 is 11.7 Å². The van der Waals surface area contributed by atoms with Gasteiger partial charge in [0.05, 0.1) is 16.3 Å². The Labute approximate surface area is 151 Å². The first-order chi connectivity index (χ1) is 12.2. The lowest BCUT2D eigenvalue weighted by atomic mass is 10.0. The highest BCUT2D eigenvalue weighted by Gasteiger charge is 2.15. The predicted molar refractivity (Wildman–Crippen MR) is 99.0 cm³/mol. The topological polar surface area (TPSA) is 53.2 Å². The minimum atomic E-state index is -0.517. The van der Waals surface area contributed by atoms with Crippen molar-refractivity contribution in [3.63, 3.8) is 0 Å². The molecule has 0 aromatic heterocycles. The second-order valence-corrected chi connectivity index (χ2v) is 6.38. The zero-order valence-corrected chi connectivity index (χ0v) is 14.6. The van der Waals surface area contributed by atoms with Gasteiger partial charge in [-0.05, 0) is 55.3 Å². The summed E-state index contributed by atoms with van der Waals surface area (Å²) in [6.45, 7) is 2.79. The molecule has 0 bridgehead atoms. The van der Waals surface area contributed by atoms with Crippen LogP contribution in [0, 0.1) is 5.82 Å². The number of fused-ring (bicyclic) bond motifs is 1. The van der Waals surface area contributed by atoms with E-state index in [2.05, 4.69) is 22.0 Å². The van der Waals surface area contributed by atoms with Crippen LogP contribution < -0.4 is 16.0 Å². The molecular formula is C19H21ClFN3O. The summed E-state index contributed by atoms with van der Waals surface area (Å²) in [6.07, 6.45) is 1.89. The lowest BCUT2D eigenvalue weighted by molar-refractivity contribution is 0.0951. The number of amides is 1. The van der Waals surface area contributed by atoms with Crippen molar-refractivity contribution in [1.82, 2.24) is 10.6 Å². The first kappa shape index (κ1) is 17.7. The molecule has 3 rings (SSSR count). The smallest absolute Gasteiger partial charge is 0.254 e. The Morgan fingerprint density at radius 2 is 1.92 bits per heavy atom. The third-order valence-electron chi connectivity index (χ3n) is 4.31. The van der Waals surface area contributed by atoms with Gasteiger partial charge in [-0.3, -0.25) is 4.79 Å². The molecule has 0 aliphatic carbocycles. The molecule has 6 heteroatoms. The number of rotatable bonds is 5. The molecule has 0 fully saturated rings. The van der Waals surface area contributed by atoms with Crippen molar-refractivity contribution in [2.24, 2.45) is 0 Å². The summed E-state index contributed by atoms with van der Waals surface area (Å²) in [5.74, 6) is -0.932. The summed E-state index contributed by atoms with van der Waals surface area (Å²) < 4.78 is 13.6. The Kier molecular flexibility index (Phi) is 5.89. The SMILES string of the molecule is O=C(NCCNc1c(Cl)ccc2c1CCNCC2)c1ccccc1F. The number of hydrogen-bond acceptors (Lipinski definition) is 3. The highest BCUT2D eigenvalue weighted by atomic mass is 35.5. The maximum atomic E-state index is 13.6. The number of hydrogen-bond donors (Lipinski definition) is 3. The monoisotopic (exact) mass is 361 g/mol. The normalized spacial score (nSPS) is 13.7. The lowest BCUT2D eigenvalue weighted by Gasteiger charge is -2.16. The third kappa shape index (κ3) is 4.30. The van der Waals surface area contributed by atoms with Crippen LogP contribution in [0.4, 0.5) is 10.1 Å². The molecule has 1 amide bonds. The molecule has 3 N–H and O–H groups in total. The van der Waals surface area contributed by atoms with Gasteiger partial charge in [-0.15, -0.1) is 0 Å². The van der Waals surface area contributed by atoms with Crippen molar-refractivity contribution < 1.29 is 9.18 Å². The summed E-state index contributed by atoms with van der Waals surface area (Å²) in [4.78, 5) is 12.0. The minimum Gasteiger partial charge on any atom is -0.382 e. The number of benzene rings is 2. The number of carbonyl (C=O) groups is 1. The number of anilines is 1. The number of halogens is 2. The van der Waals surface area contributed by atoms with Crippen molar-refractivity contribution in [3.05, 3.63) is 63.9 Å². The van der Waals surface area contributed by atoms with Crippen LogP contribution in [0.5, 0.6) is 0 Å². The molecule has 0 saturated heterocycles. The second kappa shape index (κ2) is 8.32. The maximum Gasteiger partial charge on any atom is 0.254 e. The van der Waals surface area contributed by atoms with Crippen LogP contribution in [0.15, 0.2) is 36.4 Å². The van der Waals surface area contributed by atoms with Crippen LogP contribution >= 0.6 is 11.6 Å². The van der Waals surface area contributed by atoms with Gasteiger partial charge in [0.2, 0.25) is 0 Å². The molecule has 0 atom stereocenters. The molecule has 0 saturated carbocycles. The summed E-state index contributed by atoms with van der Waals surface area (Å²) in [5.41, 5.74) is 3.52. The average Bonchev–Trinajstić information content (AvgIpc) is 2.86. The zero-order chi connectivity index (χ0) is 17.6. The summed E-state index contributed by atoms with van der Waals surface area (Å²) in [6, 6.07) is 9.94. The summed E-state index contributed by atoms with van der Waals surface area (Å²) in [7, 11) is 0. The molecule has 1 aliphatic heterocycles. The quantitative estimate of drug-likeness (QED) is 0.717. The Hall–Kier alpha value is -2.11. The standard InChI is InChI=1S/C19H21ClFN3O/c20-16-6-5-13-7-9-22-10-8-14(13)18(16)23-11-12-24-19(25)15-3-1-2-4-17(15)21/h1-6,22-23H,7-12H2,(H,24,25). The zero-order valence-electron chi connectivity index (χ0n) is 13.9. The highest BCUT2D eigenvalue weighted by Crippen LogP contribution is 2.30. The first-order valence-corrected chi connectivity index (χ1v) is 8.82. The van der Waals surface area contributed by atoms with Gasteiger partial charge >= 0.3 is 0 Å². The van der Waals surface area contributed by atoms with Gasteiger partial charge in [0.1, 0.15) is 5.82 Å². The summed E-state index contributed by atoms with van der Waals surface area (Å²) >= 11 is 6.35. The van der Waals surface area contributed by atoms with Crippen molar-refractivity contribution in [1.29, 1.82) is 0 Å². The minimum absolute atomic E-state index is 0.0557.